The van der Waals surface area contributed by atoms with Gasteiger partial charge in [-0.3, -0.25) is 4.79 Å². The maximum atomic E-state index is 12.0. The molecule has 0 bridgehead atoms. The lowest BCUT2D eigenvalue weighted by atomic mass is 10.2. The molecule has 3 N–H and O–H groups in total. The molecule has 8 nitrogen and oxygen atoms in total. The third-order valence-corrected chi connectivity index (χ3v) is 2.83. The fourth-order valence-electron chi connectivity index (χ4n) is 1.78. The van der Waals surface area contributed by atoms with Crippen LogP contribution < -0.4 is 11.1 Å². The molecule has 3 aromatic rings. The minimum Gasteiger partial charge on any atom is -0.455 e. The molecule has 0 fully saturated rings. The summed E-state index contributed by atoms with van der Waals surface area (Å²) in [5.74, 6) is 0.457. The van der Waals surface area contributed by atoms with Crippen LogP contribution in [0.5, 0.6) is 0 Å². The quantitative estimate of drug-likeness (QED) is 0.738. The number of tetrazole rings is 1. The zero-order chi connectivity index (χ0) is 14.7. The van der Waals surface area contributed by atoms with Crippen molar-refractivity contribution in [1.82, 2.24) is 20.2 Å². The van der Waals surface area contributed by atoms with E-state index < -0.39 is 0 Å². The van der Waals surface area contributed by atoms with Gasteiger partial charge < -0.3 is 15.5 Å². The van der Waals surface area contributed by atoms with E-state index in [1.807, 2.05) is 0 Å². The number of rotatable bonds is 4. The number of anilines is 1. The Morgan fingerprint density at radius 3 is 2.67 bits per heavy atom. The number of carbonyl (C=O) groups excluding carboxylic acids is 1. The molecule has 2 heterocycles. The van der Waals surface area contributed by atoms with Gasteiger partial charge in [-0.15, -0.1) is 5.10 Å². The highest BCUT2D eigenvalue weighted by Gasteiger charge is 2.11. The Kier molecular flexibility index (Phi) is 3.44. The first-order chi connectivity index (χ1) is 10.3. The van der Waals surface area contributed by atoms with Gasteiger partial charge in [0.2, 0.25) is 0 Å². The molecule has 1 amide bonds. The number of amides is 1. The average Bonchev–Trinajstić information content (AvgIpc) is 3.19. The van der Waals surface area contributed by atoms with E-state index in [2.05, 4.69) is 20.8 Å². The van der Waals surface area contributed by atoms with Gasteiger partial charge in [0.1, 0.15) is 12.1 Å². The minimum absolute atomic E-state index is 0.222. The van der Waals surface area contributed by atoms with Crippen molar-refractivity contribution in [2.75, 3.05) is 5.32 Å². The van der Waals surface area contributed by atoms with E-state index in [1.165, 1.54) is 11.0 Å². The standard InChI is InChI=1S/C13H12N6O2/c14-7-11-5-6-12(21-11)13(20)16-9-1-3-10(4-2-9)19-8-15-17-18-19/h1-6,8H,7,14H2,(H,16,20). The van der Waals surface area contributed by atoms with Crippen LogP contribution in [0.1, 0.15) is 16.3 Å². The summed E-state index contributed by atoms with van der Waals surface area (Å²) >= 11 is 0. The van der Waals surface area contributed by atoms with Gasteiger partial charge in [0.25, 0.3) is 5.91 Å². The smallest absolute Gasteiger partial charge is 0.291 e. The summed E-state index contributed by atoms with van der Waals surface area (Å²) < 4.78 is 6.80. The number of hydrogen-bond acceptors (Lipinski definition) is 6. The lowest BCUT2D eigenvalue weighted by molar-refractivity contribution is 0.0995. The van der Waals surface area contributed by atoms with Crippen molar-refractivity contribution in [3.63, 3.8) is 0 Å². The van der Waals surface area contributed by atoms with E-state index in [0.717, 1.165) is 5.69 Å². The molecule has 0 saturated carbocycles. The molecule has 106 valence electrons. The van der Waals surface area contributed by atoms with Gasteiger partial charge in [-0.25, -0.2) is 4.68 Å². The molecule has 0 aliphatic carbocycles. The zero-order valence-corrected chi connectivity index (χ0v) is 10.9. The monoisotopic (exact) mass is 284 g/mol. The van der Waals surface area contributed by atoms with Crippen LogP contribution in [0.15, 0.2) is 47.1 Å². The number of aromatic nitrogens is 4. The van der Waals surface area contributed by atoms with Crippen LogP contribution in [-0.2, 0) is 6.54 Å². The number of carbonyl (C=O) groups is 1. The summed E-state index contributed by atoms with van der Waals surface area (Å²) in [4.78, 5) is 12.0. The summed E-state index contributed by atoms with van der Waals surface area (Å²) in [5.41, 5.74) is 6.87. The Hall–Kier alpha value is -3.00. The summed E-state index contributed by atoms with van der Waals surface area (Å²) in [5, 5.41) is 13.6. The lowest BCUT2D eigenvalue weighted by Gasteiger charge is -2.04. The van der Waals surface area contributed by atoms with Gasteiger partial charge in [-0.2, -0.15) is 0 Å². The van der Waals surface area contributed by atoms with Crippen LogP contribution in [0.3, 0.4) is 0 Å². The molecule has 0 aliphatic rings. The SMILES string of the molecule is NCc1ccc(C(=O)Nc2ccc(-n3cnnn3)cc2)o1. The summed E-state index contributed by atoms with van der Waals surface area (Å²) in [6.07, 6.45) is 1.49. The van der Waals surface area contributed by atoms with Crippen molar-refractivity contribution in [2.45, 2.75) is 6.54 Å². The van der Waals surface area contributed by atoms with Gasteiger partial charge in [0.15, 0.2) is 5.76 Å². The van der Waals surface area contributed by atoms with Crippen molar-refractivity contribution in [2.24, 2.45) is 5.73 Å². The molecule has 0 unspecified atom stereocenters. The highest BCUT2D eigenvalue weighted by Crippen LogP contribution is 2.14. The molecule has 0 aliphatic heterocycles. The number of nitrogens with two attached hydrogens (primary N) is 1. The lowest BCUT2D eigenvalue weighted by Crippen LogP contribution is -2.11. The van der Waals surface area contributed by atoms with Crippen LogP contribution in [-0.4, -0.2) is 26.1 Å². The van der Waals surface area contributed by atoms with Crippen molar-refractivity contribution in [3.05, 3.63) is 54.2 Å². The van der Waals surface area contributed by atoms with Crippen molar-refractivity contribution in [3.8, 4) is 5.69 Å². The molecule has 8 heteroatoms. The van der Waals surface area contributed by atoms with Gasteiger partial charge >= 0.3 is 0 Å². The van der Waals surface area contributed by atoms with E-state index in [9.17, 15) is 4.79 Å². The van der Waals surface area contributed by atoms with Crippen molar-refractivity contribution in [1.29, 1.82) is 0 Å². The van der Waals surface area contributed by atoms with Crippen molar-refractivity contribution >= 4 is 11.6 Å². The first-order valence-corrected chi connectivity index (χ1v) is 6.20. The molecule has 0 spiro atoms. The number of nitrogens with zero attached hydrogens (tertiary/aromatic N) is 4. The molecule has 1 aromatic carbocycles. The van der Waals surface area contributed by atoms with E-state index in [0.29, 0.717) is 11.4 Å². The van der Waals surface area contributed by atoms with Gasteiger partial charge in [0.05, 0.1) is 12.2 Å². The maximum absolute atomic E-state index is 12.0. The van der Waals surface area contributed by atoms with E-state index in [-0.39, 0.29) is 18.2 Å². The highest BCUT2D eigenvalue weighted by atomic mass is 16.4. The van der Waals surface area contributed by atoms with Crippen LogP contribution in [0, 0.1) is 0 Å². The van der Waals surface area contributed by atoms with Crippen molar-refractivity contribution < 1.29 is 9.21 Å². The summed E-state index contributed by atoms with van der Waals surface area (Å²) in [7, 11) is 0. The second kappa shape index (κ2) is 5.55. The fourth-order valence-corrected chi connectivity index (χ4v) is 1.78. The Morgan fingerprint density at radius 2 is 2.05 bits per heavy atom. The Morgan fingerprint density at radius 1 is 1.24 bits per heavy atom. The topological polar surface area (TPSA) is 112 Å². The molecular formula is C13H12N6O2. The molecule has 21 heavy (non-hydrogen) atoms. The molecule has 2 aromatic heterocycles. The highest BCUT2D eigenvalue weighted by molar-refractivity contribution is 6.02. The zero-order valence-electron chi connectivity index (χ0n) is 10.9. The van der Waals surface area contributed by atoms with E-state index in [4.69, 9.17) is 10.2 Å². The fraction of sp³-hybridized carbons (Fsp3) is 0.0769. The Bertz CT molecular complexity index is 732. The third kappa shape index (κ3) is 2.79. The van der Waals surface area contributed by atoms with Gasteiger partial charge in [-0.1, -0.05) is 0 Å². The van der Waals surface area contributed by atoms with Crippen LogP contribution in [0.2, 0.25) is 0 Å². The van der Waals surface area contributed by atoms with E-state index in [1.54, 1.807) is 36.4 Å². The predicted molar refractivity (Wildman–Crippen MR) is 73.7 cm³/mol. The largest absolute Gasteiger partial charge is 0.455 e. The van der Waals surface area contributed by atoms with Gasteiger partial charge in [-0.05, 0) is 46.8 Å². The van der Waals surface area contributed by atoms with Gasteiger partial charge in [0, 0.05) is 5.69 Å². The predicted octanol–water partition coefficient (Wildman–Crippen LogP) is 0.966. The molecule has 3 rings (SSSR count). The second-order valence-corrected chi connectivity index (χ2v) is 4.23. The number of benzene rings is 1. The van der Waals surface area contributed by atoms with Crippen LogP contribution in [0.25, 0.3) is 5.69 Å². The number of furan rings is 1. The number of nitrogens with one attached hydrogen (secondary N) is 1. The summed E-state index contributed by atoms with van der Waals surface area (Å²) in [6, 6.07) is 10.4. The normalized spacial score (nSPS) is 10.5. The van der Waals surface area contributed by atoms with Crippen LogP contribution >= 0.6 is 0 Å². The average molecular weight is 284 g/mol. The summed E-state index contributed by atoms with van der Waals surface area (Å²) in [6.45, 7) is 0.258. The minimum atomic E-state index is -0.329. The Balaban J connectivity index is 1.71. The van der Waals surface area contributed by atoms with E-state index >= 15 is 0 Å². The first-order valence-electron chi connectivity index (χ1n) is 6.20. The molecule has 0 saturated heterocycles. The number of hydrogen-bond donors (Lipinski definition) is 2. The molecule has 0 atom stereocenters. The second-order valence-electron chi connectivity index (χ2n) is 4.23. The molecular weight excluding hydrogens is 272 g/mol. The van der Waals surface area contributed by atoms with Crippen LogP contribution in [0.4, 0.5) is 5.69 Å². The molecule has 0 radical (unpaired) electrons. The third-order valence-electron chi connectivity index (χ3n) is 2.83. The maximum Gasteiger partial charge on any atom is 0.291 e. The first kappa shape index (κ1) is 13.0. The Labute approximate surface area is 119 Å².